The summed E-state index contributed by atoms with van der Waals surface area (Å²) in [5, 5.41) is 8.16. The molecule has 1 aromatic rings. The summed E-state index contributed by atoms with van der Waals surface area (Å²) in [6.45, 7) is 3.61. The maximum absolute atomic E-state index is 12.2. The predicted octanol–water partition coefficient (Wildman–Crippen LogP) is 2.90. The smallest absolute Gasteiger partial charge is 0.315 e. The minimum Gasteiger partial charge on any atom is -0.342 e. The lowest BCUT2D eigenvalue weighted by molar-refractivity contribution is -0.133. The minimum atomic E-state index is -0.0998. The van der Waals surface area contributed by atoms with E-state index in [0.29, 0.717) is 11.8 Å². The van der Waals surface area contributed by atoms with Gasteiger partial charge in [-0.2, -0.15) is 0 Å². The van der Waals surface area contributed by atoms with Crippen molar-refractivity contribution in [1.29, 1.82) is 0 Å². The van der Waals surface area contributed by atoms with Gasteiger partial charge in [0, 0.05) is 29.9 Å². The molecule has 0 unspecified atom stereocenters. The normalized spacial score (nSPS) is 20.1. The zero-order valence-corrected chi connectivity index (χ0v) is 14.4. The molecule has 1 saturated carbocycles. The molecular weight excluding hydrogens is 310 g/mol. The Morgan fingerprint density at radius 1 is 1.30 bits per heavy atom. The number of urea groups is 1. The van der Waals surface area contributed by atoms with Crippen molar-refractivity contribution >= 4 is 23.3 Å². The van der Waals surface area contributed by atoms with E-state index in [1.807, 2.05) is 16.3 Å². The second-order valence-electron chi connectivity index (χ2n) is 6.47. The number of piperidine rings is 1. The summed E-state index contributed by atoms with van der Waals surface area (Å²) in [4.78, 5) is 27.4. The summed E-state index contributed by atoms with van der Waals surface area (Å²) in [6.07, 6.45) is 4.69. The topological polar surface area (TPSA) is 61.4 Å². The summed E-state index contributed by atoms with van der Waals surface area (Å²) in [5.74, 6) is 0.607. The van der Waals surface area contributed by atoms with E-state index in [9.17, 15) is 9.59 Å². The van der Waals surface area contributed by atoms with E-state index in [-0.39, 0.29) is 18.1 Å². The SMILES string of the molecule is CC[C@H](NC(=O)NC1CCN(C(=O)C2CC2)CC1)c1cccs1. The van der Waals surface area contributed by atoms with Gasteiger partial charge in [0.2, 0.25) is 5.91 Å². The van der Waals surface area contributed by atoms with Crippen LogP contribution >= 0.6 is 11.3 Å². The van der Waals surface area contributed by atoms with Crippen LogP contribution < -0.4 is 10.6 Å². The van der Waals surface area contributed by atoms with Crippen molar-refractivity contribution in [3.63, 3.8) is 0 Å². The lowest BCUT2D eigenvalue weighted by Gasteiger charge is -2.32. The highest BCUT2D eigenvalue weighted by Gasteiger charge is 2.35. The second-order valence-corrected chi connectivity index (χ2v) is 7.45. The van der Waals surface area contributed by atoms with Crippen LogP contribution in [0.25, 0.3) is 0 Å². The highest BCUT2D eigenvalue weighted by Crippen LogP contribution is 2.31. The average Bonchev–Trinajstić information content (AvgIpc) is 3.27. The average molecular weight is 335 g/mol. The molecule has 0 aromatic carbocycles. The number of hydrogen-bond donors (Lipinski definition) is 2. The van der Waals surface area contributed by atoms with Crippen LogP contribution in [0.15, 0.2) is 17.5 Å². The Kier molecular flexibility index (Phi) is 5.20. The first-order valence-corrected chi connectivity index (χ1v) is 9.44. The van der Waals surface area contributed by atoms with Gasteiger partial charge in [-0.25, -0.2) is 4.79 Å². The number of carbonyl (C=O) groups excluding carboxylic acids is 2. The largest absolute Gasteiger partial charge is 0.342 e. The van der Waals surface area contributed by atoms with E-state index >= 15 is 0 Å². The number of hydrogen-bond acceptors (Lipinski definition) is 3. The maximum atomic E-state index is 12.2. The molecule has 0 bridgehead atoms. The molecule has 2 fully saturated rings. The summed E-state index contributed by atoms with van der Waals surface area (Å²) in [6, 6.07) is 4.21. The number of thiophene rings is 1. The van der Waals surface area contributed by atoms with Crippen molar-refractivity contribution in [2.45, 2.75) is 51.1 Å². The third-order valence-corrected chi connectivity index (χ3v) is 5.65. The highest BCUT2D eigenvalue weighted by molar-refractivity contribution is 7.10. The van der Waals surface area contributed by atoms with Crippen LogP contribution in [0, 0.1) is 5.92 Å². The van der Waals surface area contributed by atoms with E-state index in [1.54, 1.807) is 11.3 Å². The zero-order valence-electron chi connectivity index (χ0n) is 13.6. The van der Waals surface area contributed by atoms with E-state index < -0.39 is 0 Å². The maximum Gasteiger partial charge on any atom is 0.315 e. The molecule has 1 aliphatic heterocycles. The summed E-state index contributed by atoms with van der Waals surface area (Å²) < 4.78 is 0. The van der Waals surface area contributed by atoms with Gasteiger partial charge in [0.25, 0.3) is 0 Å². The molecule has 126 valence electrons. The molecular formula is C17H25N3O2S. The number of amides is 3. The first-order chi connectivity index (χ1) is 11.2. The Labute approximate surface area is 141 Å². The van der Waals surface area contributed by atoms with Gasteiger partial charge in [-0.1, -0.05) is 13.0 Å². The van der Waals surface area contributed by atoms with Crippen LogP contribution in [0.3, 0.4) is 0 Å². The van der Waals surface area contributed by atoms with Gasteiger partial charge in [0.15, 0.2) is 0 Å². The third-order valence-electron chi connectivity index (χ3n) is 4.67. The molecule has 2 N–H and O–H groups in total. The number of likely N-dealkylation sites (tertiary alicyclic amines) is 1. The Morgan fingerprint density at radius 2 is 2.04 bits per heavy atom. The van der Waals surface area contributed by atoms with Crippen LogP contribution in [0.5, 0.6) is 0 Å². The molecule has 2 aliphatic rings. The van der Waals surface area contributed by atoms with Crippen LogP contribution in [0.4, 0.5) is 4.79 Å². The number of nitrogens with zero attached hydrogens (tertiary/aromatic N) is 1. The molecule has 0 spiro atoms. The van der Waals surface area contributed by atoms with Crippen LogP contribution in [-0.4, -0.2) is 36.0 Å². The minimum absolute atomic E-state index is 0.0755. The number of nitrogens with one attached hydrogen (secondary N) is 2. The van der Waals surface area contributed by atoms with Crippen molar-refractivity contribution in [3.8, 4) is 0 Å². The Morgan fingerprint density at radius 3 is 2.61 bits per heavy atom. The fourth-order valence-electron chi connectivity index (χ4n) is 3.08. The molecule has 3 amide bonds. The van der Waals surface area contributed by atoms with Gasteiger partial charge < -0.3 is 15.5 Å². The van der Waals surface area contributed by atoms with E-state index in [0.717, 1.165) is 45.2 Å². The van der Waals surface area contributed by atoms with Crippen LogP contribution in [0.2, 0.25) is 0 Å². The standard InChI is InChI=1S/C17H25N3O2S/c1-2-14(15-4-3-11-23-15)19-17(22)18-13-7-9-20(10-8-13)16(21)12-5-6-12/h3-4,11-14H,2,5-10H2,1H3,(H2,18,19,22)/t14-/m0/s1. The van der Waals surface area contributed by atoms with Crippen molar-refractivity contribution in [3.05, 3.63) is 22.4 Å². The molecule has 6 heteroatoms. The monoisotopic (exact) mass is 335 g/mol. The van der Waals surface area contributed by atoms with Crippen LogP contribution in [0.1, 0.15) is 49.9 Å². The molecule has 1 atom stereocenters. The van der Waals surface area contributed by atoms with Crippen LogP contribution in [-0.2, 0) is 4.79 Å². The second kappa shape index (κ2) is 7.34. The quantitative estimate of drug-likeness (QED) is 0.869. The molecule has 0 radical (unpaired) electrons. The van der Waals surface area contributed by atoms with Crippen molar-refractivity contribution in [1.82, 2.24) is 15.5 Å². The lowest BCUT2D eigenvalue weighted by Crippen LogP contribution is -2.49. The molecule has 1 saturated heterocycles. The molecule has 3 rings (SSSR count). The number of carbonyl (C=O) groups is 2. The van der Waals surface area contributed by atoms with E-state index in [2.05, 4.69) is 23.6 Å². The molecule has 23 heavy (non-hydrogen) atoms. The first-order valence-electron chi connectivity index (χ1n) is 8.56. The molecule has 1 aromatic heterocycles. The summed E-state index contributed by atoms with van der Waals surface area (Å²) in [7, 11) is 0. The van der Waals surface area contributed by atoms with Gasteiger partial charge in [-0.15, -0.1) is 11.3 Å². The van der Waals surface area contributed by atoms with E-state index in [4.69, 9.17) is 0 Å². The summed E-state index contributed by atoms with van der Waals surface area (Å²) in [5.41, 5.74) is 0. The van der Waals surface area contributed by atoms with Crippen molar-refractivity contribution in [2.75, 3.05) is 13.1 Å². The van der Waals surface area contributed by atoms with Gasteiger partial charge >= 0.3 is 6.03 Å². The Hall–Kier alpha value is -1.56. The molecule has 2 heterocycles. The van der Waals surface area contributed by atoms with E-state index in [1.165, 1.54) is 4.88 Å². The van der Waals surface area contributed by atoms with Gasteiger partial charge in [0.1, 0.15) is 0 Å². The van der Waals surface area contributed by atoms with Gasteiger partial charge in [-0.05, 0) is 43.6 Å². The fraction of sp³-hybridized carbons (Fsp3) is 0.647. The first kappa shape index (κ1) is 16.3. The number of rotatable bonds is 5. The lowest BCUT2D eigenvalue weighted by atomic mass is 10.0. The highest BCUT2D eigenvalue weighted by atomic mass is 32.1. The molecule has 1 aliphatic carbocycles. The third kappa shape index (κ3) is 4.25. The van der Waals surface area contributed by atoms with Gasteiger partial charge in [-0.3, -0.25) is 4.79 Å². The zero-order chi connectivity index (χ0) is 16.2. The van der Waals surface area contributed by atoms with Crippen molar-refractivity contribution < 1.29 is 9.59 Å². The Balaban J connectivity index is 1.42. The predicted molar refractivity (Wildman–Crippen MR) is 91.3 cm³/mol. The van der Waals surface area contributed by atoms with Crippen molar-refractivity contribution in [2.24, 2.45) is 5.92 Å². The molecule has 5 nitrogen and oxygen atoms in total. The van der Waals surface area contributed by atoms with Gasteiger partial charge in [0.05, 0.1) is 6.04 Å². The Bertz CT molecular complexity index is 534. The fourth-order valence-corrected chi connectivity index (χ4v) is 3.94. The summed E-state index contributed by atoms with van der Waals surface area (Å²) >= 11 is 1.67.